The summed E-state index contributed by atoms with van der Waals surface area (Å²) in [5.74, 6) is -0.378. The van der Waals surface area contributed by atoms with E-state index in [1.807, 2.05) is 0 Å². The van der Waals surface area contributed by atoms with Crippen LogP contribution >= 0.6 is 7.82 Å². The molecule has 0 aromatic rings. The van der Waals surface area contributed by atoms with Gasteiger partial charge in [0.2, 0.25) is 0 Å². The van der Waals surface area contributed by atoms with Crippen molar-refractivity contribution in [3.63, 3.8) is 0 Å². The average Bonchev–Trinajstić information content (AvgIpc) is 3.09. The van der Waals surface area contributed by atoms with Crippen LogP contribution in [0.3, 0.4) is 0 Å². The molecule has 0 fully saturated rings. The zero-order valence-electron chi connectivity index (χ0n) is 31.9. The highest BCUT2D eigenvalue weighted by Crippen LogP contribution is 2.43. The maximum Gasteiger partial charge on any atom is 0.472 e. The summed E-state index contributed by atoms with van der Waals surface area (Å²) >= 11 is 0. The quantitative estimate of drug-likeness (QED) is 0.0321. The largest absolute Gasteiger partial charge is 0.472 e. The second-order valence-corrected chi connectivity index (χ2v) is 15.5. The molecular weight excluding hydrogens is 643 g/mol. The third-order valence-corrected chi connectivity index (χ3v) is 9.99. The van der Waals surface area contributed by atoms with E-state index < -0.39 is 33.2 Å². The summed E-state index contributed by atoms with van der Waals surface area (Å²) in [6.45, 7) is 3.56. The lowest BCUT2D eigenvalue weighted by Crippen LogP contribution is -2.29. The molecular formula is C39H79O9P. The monoisotopic (exact) mass is 723 g/mol. The lowest BCUT2D eigenvalue weighted by Gasteiger charge is -2.20. The number of phosphoric ester groups is 1. The van der Waals surface area contributed by atoms with Crippen LogP contribution in [0.15, 0.2) is 0 Å². The molecule has 0 heterocycles. The number of unbranched alkanes of at least 4 members (excludes halogenated alkanes) is 26. The van der Waals surface area contributed by atoms with Crippen LogP contribution in [0.4, 0.5) is 0 Å². The standard InChI is InChI=1S/C39H79O9P/c1-3-5-7-9-11-13-15-17-19-21-23-25-27-29-31-39(42)48-38(36-47-49(43,44)46-34-37(41)33-40)35-45-32-30-28-26-24-22-20-18-16-14-12-10-8-6-4-2/h37-38,40-41H,3-36H2,1-2H3,(H,43,44). The number of ether oxygens (including phenoxy) is 2. The van der Waals surface area contributed by atoms with Gasteiger partial charge in [0, 0.05) is 13.0 Å². The molecule has 9 nitrogen and oxygen atoms in total. The number of aliphatic hydroxyl groups is 2. The van der Waals surface area contributed by atoms with Crippen LogP contribution in [0.1, 0.15) is 200 Å². The lowest BCUT2D eigenvalue weighted by molar-refractivity contribution is -0.154. The predicted molar refractivity (Wildman–Crippen MR) is 201 cm³/mol. The Kier molecular flexibility index (Phi) is 36.8. The van der Waals surface area contributed by atoms with Gasteiger partial charge in [0.1, 0.15) is 12.2 Å². The van der Waals surface area contributed by atoms with Crippen molar-refractivity contribution in [3.05, 3.63) is 0 Å². The second-order valence-electron chi connectivity index (χ2n) is 14.0. The molecule has 0 aromatic heterocycles. The summed E-state index contributed by atoms with van der Waals surface area (Å²) in [5.41, 5.74) is 0. The fourth-order valence-corrected chi connectivity index (χ4v) is 6.68. The normalized spacial score (nSPS) is 14.1. The summed E-state index contributed by atoms with van der Waals surface area (Å²) in [6.07, 6.45) is 33.4. The summed E-state index contributed by atoms with van der Waals surface area (Å²) < 4.78 is 33.3. The molecule has 49 heavy (non-hydrogen) atoms. The third kappa shape index (κ3) is 37.0. The Labute approximate surface area is 301 Å². The van der Waals surface area contributed by atoms with Crippen molar-refractivity contribution in [2.75, 3.05) is 33.0 Å². The second kappa shape index (κ2) is 37.2. The van der Waals surface area contributed by atoms with Gasteiger partial charge in [-0.05, 0) is 12.8 Å². The van der Waals surface area contributed by atoms with Gasteiger partial charge in [0.05, 0.1) is 26.4 Å². The number of rotatable bonds is 40. The molecule has 3 unspecified atom stereocenters. The van der Waals surface area contributed by atoms with Crippen molar-refractivity contribution in [2.24, 2.45) is 0 Å². The minimum atomic E-state index is -4.50. The molecule has 0 saturated heterocycles. The molecule has 0 rings (SSSR count). The third-order valence-electron chi connectivity index (χ3n) is 9.04. The van der Waals surface area contributed by atoms with Gasteiger partial charge in [-0.15, -0.1) is 0 Å². The number of carbonyl (C=O) groups excluding carboxylic acids is 1. The van der Waals surface area contributed by atoms with Crippen LogP contribution in [0.25, 0.3) is 0 Å². The Bertz CT molecular complexity index is 739. The van der Waals surface area contributed by atoms with Gasteiger partial charge in [-0.3, -0.25) is 13.8 Å². The van der Waals surface area contributed by atoms with E-state index in [4.69, 9.17) is 23.6 Å². The molecule has 0 amide bonds. The van der Waals surface area contributed by atoms with E-state index in [0.717, 1.165) is 32.1 Å². The lowest BCUT2D eigenvalue weighted by atomic mass is 10.0. The molecule has 0 bridgehead atoms. The molecule has 0 aromatic carbocycles. The highest BCUT2D eigenvalue weighted by atomic mass is 31.2. The first-order valence-corrected chi connectivity index (χ1v) is 22.0. The van der Waals surface area contributed by atoms with Gasteiger partial charge in [-0.2, -0.15) is 0 Å². The van der Waals surface area contributed by atoms with Gasteiger partial charge in [0.25, 0.3) is 0 Å². The van der Waals surface area contributed by atoms with E-state index in [1.54, 1.807) is 0 Å². The number of carbonyl (C=O) groups is 1. The van der Waals surface area contributed by atoms with E-state index in [2.05, 4.69) is 13.8 Å². The van der Waals surface area contributed by atoms with Crippen LogP contribution < -0.4 is 0 Å². The minimum Gasteiger partial charge on any atom is -0.457 e. The van der Waals surface area contributed by atoms with Gasteiger partial charge < -0.3 is 24.6 Å². The Balaban J connectivity index is 4.16. The van der Waals surface area contributed by atoms with Crippen molar-refractivity contribution < 1.29 is 43.0 Å². The van der Waals surface area contributed by atoms with Gasteiger partial charge in [-0.25, -0.2) is 4.57 Å². The number of hydrogen-bond donors (Lipinski definition) is 3. The van der Waals surface area contributed by atoms with Crippen LogP contribution in [0.2, 0.25) is 0 Å². The fraction of sp³-hybridized carbons (Fsp3) is 0.974. The topological polar surface area (TPSA) is 132 Å². The zero-order valence-corrected chi connectivity index (χ0v) is 32.8. The van der Waals surface area contributed by atoms with E-state index in [9.17, 15) is 19.4 Å². The summed E-state index contributed by atoms with van der Waals surface area (Å²) in [7, 11) is -4.50. The molecule has 10 heteroatoms. The highest BCUT2D eigenvalue weighted by Gasteiger charge is 2.26. The smallest absolute Gasteiger partial charge is 0.457 e. The first-order valence-electron chi connectivity index (χ1n) is 20.5. The predicted octanol–water partition coefficient (Wildman–Crippen LogP) is 10.8. The Morgan fingerprint density at radius 1 is 0.551 bits per heavy atom. The van der Waals surface area contributed by atoms with E-state index >= 15 is 0 Å². The zero-order chi connectivity index (χ0) is 36.1. The van der Waals surface area contributed by atoms with Crippen molar-refractivity contribution in [1.29, 1.82) is 0 Å². The number of aliphatic hydroxyl groups excluding tert-OH is 2. The number of phosphoric acid groups is 1. The summed E-state index contributed by atoms with van der Waals surface area (Å²) in [6, 6.07) is 0. The van der Waals surface area contributed by atoms with Crippen molar-refractivity contribution in [1.82, 2.24) is 0 Å². The first-order chi connectivity index (χ1) is 23.8. The molecule has 0 radical (unpaired) electrons. The van der Waals surface area contributed by atoms with E-state index in [-0.39, 0.29) is 25.6 Å². The molecule has 0 aliphatic rings. The molecule has 0 spiro atoms. The van der Waals surface area contributed by atoms with Crippen molar-refractivity contribution in [3.8, 4) is 0 Å². The van der Waals surface area contributed by atoms with E-state index in [0.29, 0.717) is 6.61 Å². The highest BCUT2D eigenvalue weighted by molar-refractivity contribution is 7.47. The summed E-state index contributed by atoms with van der Waals surface area (Å²) in [4.78, 5) is 22.5. The van der Waals surface area contributed by atoms with Crippen molar-refractivity contribution >= 4 is 13.8 Å². The van der Waals surface area contributed by atoms with Crippen LogP contribution in [0, 0.1) is 0 Å². The van der Waals surface area contributed by atoms with Crippen LogP contribution in [0.5, 0.6) is 0 Å². The Hall–Kier alpha value is -0.540. The molecule has 0 saturated carbocycles. The first kappa shape index (κ1) is 48.5. The molecule has 3 atom stereocenters. The molecule has 3 N–H and O–H groups in total. The van der Waals surface area contributed by atoms with Gasteiger partial charge >= 0.3 is 13.8 Å². The average molecular weight is 723 g/mol. The SMILES string of the molecule is CCCCCCCCCCCCCCCCOCC(COP(=O)(O)OCC(O)CO)OC(=O)CCCCCCCCCCCCCCCC. The van der Waals surface area contributed by atoms with Crippen LogP contribution in [-0.4, -0.2) is 66.3 Å². The summed E-state index contributed by atoms with van der Waals surface area (Å²) in [5, 5.41) is 18.3. The van der Waals surface area contributed by atoms with E-state index in [1.165, 1.54) is 148 Å². The fourth-order valence-electron chi connectivity index (χ4n) is 5.89. The molecule has 0 aliphatic heterocycles. The number of hydrogen-bond acceptors (Lipinski definition) is 8. The molecule has 294 valence electrons. The van der Waals surface area contributed by atoms with Crippen molar-refractivity contribution in [2.45, 2.75) is 212 Å². The number of esters is 1. The van der Waals surface area contributed by atoms with Crippen LogP contribution in [-0.2, 0) is 27.9 Å². The van der Waals surface area contributed by atoms with Gasteiger partial charge in [-0.1, -0.05) is 181 Å². The maximum atomic E-state index is 12.6. The Morgan fingerprint density at radius 2 is 0.918 bits per heavy atom. The minimum absolute atomic E-state index is 0.0577. The maximum absolute atomic E-state index is 12.6. The molecule has 0 aliphatic carbocycles. The Morgan fingerprint density at radius 3 is 1.33 bits per heavy atom. The van der Waals surface area contributed by atoms with Gasteiger partial charge in [0.15, 0.2) is 0 Å².